The predicted octanol–water partition coefficient (Wildman–Crippen LogP) is 2.84. The number of nitrogens with zero attached hydrogens (tertiary/aromatic N) is 4. The Morgan fingerprint density at radius 1 is 0.905 bits per heavy atom. The Morgan fingerprint density at radius 2 is 1.52 bits per heavy atom. The van der Waals surface area contributed by atoms with Crippen molar-refractivity contribution in [2.24, 2.45) is 0 Å². The van der Waals surface area contributed by atoms with Gasteiger partial charge in [-0.05, 0) is 18.2 Å². The fourth-order valence-electron chi connectivity index (χ4n) is 2.06. The molecule has 1 heterocycles. The molecule has 3 rings (SSSR count). The minimum atomic E-state index is -0.478. The number of nitro benzene ring substituents is 2. The van der Waals surface area contributed by atoms with Gasteiger partial charge < -0.3 is 0 Å². The van der Waals surface area contributed by atoms with Crippen LogP contribution >= 0.6 is 0 Å². The summed E-state index contributed by atoms with van der Waals surface area (Å²) < 4.78 is 1.57. The van der Waals surface area contributed by atoms with Crippen LogP contribution in [0.4, 0.5) is 11.4 Å². The fraction of sp³-hybridized carbons (Fsp3) is 0. The van der Waals surface area contributed by atoms with Gasteiger partial charge in [0.15, 0.2) is 0 Å². The first-order chi connectivity index (χ1) is 10.1. The zero-order chi connectivity index (χ0) is 15.0. The van der Waals surface area contributed by atoms with Crippen LogP contribution in [-0.4, -0.2) is 19.6 Å². The van der Waals surface area contributed by atoms with Crippen molar-refractivity contribution in [1.82, 2.24) is 9.78 Å². The predicted molar refractivity (Wildman–Crippen MR) is 74.4 cm³/mol. The van der Waals surface area contributed by atoms with Gasteiger partial charge in [0.2, 0.25) is 0 Å². The highest BCUT2D eigenvalue weighted by Crippen LogP contribution is 2.24. The van der Waals surface area contributed by atoms with Crippen LogP contribution < -0.4 is 0 Å². The molecule has 1 aromatic heterocycles. The molecule has 0 aliphatic heterocycles. The van der Waals surface area contributed by atoms with E-state index in [1.807, 2.05) is 0 Å². The molecule has 0 amide bonds. The SMILES string of the molecule is O=[N+]([O-])c1ccc(-n2ncc3cc([N+](=O)[O-])ccc32)cc1. The maximum Gasteiger partial charge on any atom is 0.270 e. The van der Waals surface area contributed by atoms with E-state index in [2.05, 4.69) is 5.10 Å². The summed E-state index contributed by atoms with van der Waals surface area (Å²) in [6.07, 6.45) is 1.52. The number of aromatic nitrogens is 2. The van der Waals surface area contributed by atoms with Crippen LogP contribution in [0.5, 0.6) is 0 Å². The van der Waals surface area contributed by atoms with Gasteiger partial charge in [-0.15, -0.1) is 0 Å². The Labute approximate surface area is 117 Å². The van der Waals surface area contributed by atoms with E-state index in [0.717, 1.165) is 0 Å². The smallest absolute Gasteiger partial charge is 0.258 e. The third kappa shape index (κ3) is 2.18. The molecule has 21 heavy (non-hydrogen) atoms. The zero-order valence-corrected chi connectivity index (χ0v) is 10.5. The summed E-state index contributed by atoms with van der Waals surface area (Å²) in [6, 6.07) is 10.3. The lowest BCUT2D eigenvalue weighted by Crippen LogP contribution is -1.96. The van der Waals surface area contributed by atoms with Crippen molar-refractivity contribution in [1.29, 1.82) is 0 Å². The minimum Gasteiger partial charge on any atom is -0.258 e. The normalized spacial score (nSPS) is 10.7. The van der Waals surface area contributed by atoms with Crippen LogP contribution in [0.1, 0.15) is 0 Å². The number of rotatable bonds is 3. The number of benzene rings is 2. The molecule has 0 N–H and O–H groups in total. The minimum absolute atomic E-state index is 0.00847. The van der Waals surface area contributed by atoms with Gasteiger partial charge >= 0.3 is 0 Å². The van der Waals surface area contributed by atoms with Crippen molar-refractivity contribution >= 4 is 22.3 Å². The molecule has 0 atom stereocenters. The van der Waals surface area contributed by atoms with Crippen molar-refractivity contribution in [2.75, 3.05) is 0 Å². The molecule has 2 aromatic carbocycles. The summed E-state index contributed by atoms with van der Waals surface area (Å²) in [5.41, 5.74) is 1.32. The Morgan fingerprint density at radius 3 is 2.14 bits per heavy atom. The standard InChI is InChI=1S/C13H8N4O4/c18-16(19)11-3-1-10(2-4-11)15-13-6-5-12(17(20)21)7-9(13)8-14-15/h1-8H. The Kier molecular flexibility index (Phi) is 2.83. The van der Waals surface area contributed by atoms with E-state index < -0.39 is 9.85 Å². The maximum absolute atomic E-state index is 10.7. The first kappa shape index (κ1) is 12.7. The van der Waals surface area contributed by atoms with Gasteiger partial charge in [0.05, 0.1) is 27.2 Å². The summed E-state index contributed by atoms with van der Waals surface area (Å²) >= 11 is 0. The average molecular weight is 284 g/mol. The molecule has 0 radical (unpaired) electrons. The molecule has 0 bridgehead atoms. The van der Waals surface area contributed by atoms with Gasteiger partial charge in [-0.2, -0.15) is 5.10 Å². The molecule has 0 spiro atoms. The third-order valence-corrected chi connectivity index (χ3v) is 3.07. The van der Waals surface area contributed by atoms with E-state index in [1.165, 1.54) is 30.5 Å². The number of hydrogen-bond acceptors (Lipinski definition) is 5. The third-order valence-electron chi connectivity index (χ3n) is 3.07. The van der Waals surface area contributed by atoms with Crippen LogP contribution in [-0.2, 0) is 0 Å². The van der Waals surface area contributed by atoms with E-state index in [4.69, 9.17) is 0 Å². The van der Waals surface area contributed by atoms with E-state index >= 15 is 0 Å². The molecule has 3 aromatic rings. The van der Waals surface area contributed by atoms with E-state index in [-0.39, 0.29) is 11.4 Å². The lowest BCUT2D eigenvalue weighted by Gasteiger charge is -2.03. The molecule has 0 saturated carbocycles. The molecule has 0 aliphatic carbocycles. The molecule has 0 saturated heterocycles. The monoisotopic (exact) mass is 284 g/mol. The quantitative estimate of drug-likeness (QED) is 0.543. The van der Waals surface area contributed by atoms with Crippen molar-refractivity contribution in [3.05, 3.63) is 68.9 Å². The second-order valence-electron chi connectivity index (χ2n) is 4.33. The highest BCUT2D eigenvalue weighted by molar-refractivity contribution is 5.82. The topological polar surface area (TPSA) is 104 Å². The highest BCUT2D eigenvalue weighted by Gasteiger charge is 2.11. The second-order valence-corrected chi connectivity index (χ2v) is 4.33. The zero-order valence-electron chi connectivity index (χ0n) is 10.5. The van der Waals surface area contributed by atoms with Crippen LogP contribution in [0.2, 0.25) is 0 Å². The number of hydrogen-bond donors (Lipinski definition) is 0. The lowest BCUT2D eigenvalue weighted by molar-refractivity contribution is -0.385. The summed E-state index contributed by atoms with van der Waals surface area (Å²) in [6.45, 7) is 0. The fourth-order valence-corrected chi connectivity index (χ4v) is 2.06. The van der Waals surface area contributed by atoms with Crippen LogP contribution in [0, 0.1) is 20.2 Å². The number of fused-ring (bicyclic) bond motifs is 1. The molecule has 8 heteroatoms. The first-order valence-electron chi connectivity index (χ1n) is 5.93. The van der Waals surface area contributed by atoms with Gasteiger partial charge in [0.1, 0.15) is 0 Å². The van der Waals surface area contributed by atoms with Crippen LogP contribution in [0.25, 0.3) is 16.6 Å². The highest BCUT2D eigenvalue weighted by atomic mass is 16.6. The van der Waals surface area contributed by atoms with Crippen molar-refractivity contribution in [2.45, 2.75) is 0 Å². The van der Waals surface area contributed by atoms with E-state index in [9.17, 15) is 20.2 Å². The number of non-ortho nitro benzene ring substituents is 2. The van der Waals surface area contributed by atoms with E-state index in [0.29, 0.717) is 16.6 Å². The Hall–Kier alpha value is -3.29. The average Bonchev–Trinajstić information content (AvgIpc) is 2.90. The summed E-state index contributed by atoms with van der Waals surface area (Å²) in [4.78, 5) is 20.4. The number of nitro groups is 2. The summed E-state index contributed by atoms with van der Waals surface area (Å²) in [5, 5.41) is 26.2. The van der Waals surface area contributed by atoms with Gasteiger partial charge in [0, 0.05) is 29.7 Å². The molecular formula is C13H8N4O4. The molecule has 0 unspecified atom stereocenters. The summed E-state index contributed by atoms with van der Waals surface area (Å²) in [7, 11) is 0. The van der Waals surface area contributed by atoms with Crippen molar-refractivity contribution in [3.63, 3.8) is 0 Å². The second kappa shape index (κ2) is 4.67. The molecule has 0 fully saturated rings. The largest absolute Gasteiger partial charge is 0.270 e. The maximum atomic E-state index is 10.7. The van der Waals surface area contributed by atoms with Gasteiger partial charge in [-0.25, -0.2) is 4.68 Å². The lowest BCUT2D eigenvalue weighted by atomic mass is 10.2. The molecule has 104 valence electrons. The van der Waals surface area contributed by atoms with Crippen LogP contribution in [0.3, 0.4) is 0 Å². The molecule has 0 aliphatic rings. The van der Waals surface area contributed by atoms with Crippen molar-refractivity contribution in [3.8, 4) is 5.69 Å². The summed E-state index contributed by atoms with van der Waals surface area (Å²) in [5.74, 6) is 0. The van der Waals surface area contributed by atoms with Crippen molar-refractivity contribution < 1.29 is 9.85 Å². The van der Waals surface area contributed by atoms with Gasteiger partial charge in [-0.3, -0.25) is 20.2 Å². The Balaban J connectivity index is 2.08. The van der Waals surface area contributed by atoms with Crippen LogP contribution in [0.15, 0.2) is 48.7 Å². The van der Waals surface area contributed by atoms with E-state index in [1.54, 1.807) is 22.9 Å². The molecular weight excluding hydrogens is 276 g/mol. The van der Waals surface area contributed by atoms with Gasteiger partial charge in [-0.1, -0.05) is 0 Å². The van der Waals surface area contributed by atoms with Gasteiger partial charge in [0.25, 0.3) is 11.4 Å². The molecule has 8 nitrogen and oxygen atoms in total. The first-order valence-corrected chi connectivity index (χ1v) is 5.93. The Bertz CT molecular complexity index is 854.